The molecule has 1 aliphatic heterocycles. The largest absolute Gasteiger partial charge is 0.373 e. The summed E-state index contributed by atoms with van der Waals surface area (Å²) in [6, 6.07) is 12.2. The number of allylic oxidation sites excluding steroid dienone is 1. The standard InChI is InChI=1S/C29H28Cl3FN8/c1-15(2)41-14-24(39-40-41)29(19-7-6-10-36-17(19)4)37-18-11-20(28(35-5)22(31)12-18)27(16(3)13-34)38-23-9-8-21(30)25(32)26(23)33/h6-12,14-15,29,37-40H,5H2,1-4H3/b27-16-/t29-/m0/s1. The number of nitrogens with one attached hydrogen (secondary N) is 4. The number of halogens is 4. The Labute approximate surface area is 253 Å². The van der Waals surface area contributed by atoms with Crippen molar-refractivity contribution in [2.45, 2.75) is 39.8 Å². The first-order chi connectivity index (χ1) is 19.5. The number of aromatic nitrogens is 1. The molecular formula is C29H28Cl3FN8. The van der Waals surface area contributed by atoms with Crippen molar-refractivity contribution < 1.29 is 4.39 Å². The van der Waals surface area contributed by atoms with Gasteiger partial charge >= 0.3 is 0 Å². The van der Waals surface area contributed by atoms with Crippen LogP contribution < -0.4 is 21.6 Å². The van der Waals surface area contributed by atoms with Crippen molar-refractivity contribution in [3.8, 4) is 6.07 Å². The highest BCUT2D eigenvalue weighted by Crippen LogP contribution is 2.41. The number of benzene rings is 2. The highest BCUT2D eigenvalue weighted by Gasteiger charge is 2.26. The van der Waals surface area contributed by atoms with Gasteiger partial charge in [0.15, 0.2) is 5.82 Å². The predicted octanol–water partition coefficient (Wildman–Crippen LogP) is 7.92. The highest BCUT2D eigenvalue weighted by molar-refractivity contribution is 6.42. The van der Waals surface area contributed by atoms with Gasteiger partial charge in [0, 0.05) is 40.9 Å². The number of aryl methyl sites for hydroxylation is 1. The number of rotatable bonds is 9. The summed E-state index contributed by atoms with van der Waals surface area (Å²) in [6.45, 7) is 11.3. The van der Waals surface area contributed by atoms with Crippen LogP contribution >= 0.6 is 34.8 Å². The van der Waals surface area contributed by atoms with E-state index in [0.717, 1.165) is 17.0 Å². The van der Waals surface area contributed by atoms with Crippen molar-refractivity contribution in [1.29, 1.82) is 5.26 Å². The van der Waals surface area contributed by atoms with Crippen molar-refractivity contribution >= 4 is 64.3 Å². The maximum Gasteiger partial charge on any atom is 0.166 e. The van der Waals surface area contributed by atoms with E-state index in [-0.39, 0.29) is 44.1 Å². The van der Waals surface area contributed by atoms with Crippen LogP contribution in [-0.4, -0.2) is 22.8 Å². The van der Waals surface area contributed by atoms with Crippen LogP contribution in [0, 0.1) is 24.1 Å². The normalized spacial score (nSPS) is 14.1. The Bertz CT molecular complexity index is 1600. The minimum Gasteiger partial charge on any atom is -0.373 e. The first kappa shape index (κ1) is 30.2. The Balaban J connectivity index is 1.84. The van der Waals surface area contributed by atoms with Gasteiger partial charge in [-0.2, -0.15) is 5.26 Å². The van der Waals surface area contributed by atoms with Crippen molar-refractivity contribution in [3.05, 3.63) is 97.8 Å². The summed E-state index contributed by atoms with van der Waals surface area (Å²) in [5.41, 5.74) is 10.9. The molecule has 0 bridgehead atoms. The number of hydrazine groups is 2. The number of pyridine rings is 1. The molecule has 0 unspecified atom stereocenters. The first-order valence-electron chi connectivity index (χ1n) is 12.6. The topological polar surface area (TPSA) is 100 Å². The molecule has 0 aliphatic carbocycles. The van der Waals surface area contributed by atoms with E-state index in [4.69, 9.17) is 34.8 Å². The highest BCUT2D eigenvalue weighted by atomic mass is 35.5. The van der Waals surface area contributed by atoms with Crippen molar-refractivity contribution in [2.75, 3.05) is 10.6 Å². The minimum absolute atomic E-state index is 0.0255. The zero-order valence-electron chi connectivity index (χ0n) is 22.8. The van der Waals surface area contributed by atoms with Gasteiger partial charge in [-0.15, -0.1) is 5.53 Å². The fourth-order valence-electron chi connectivity index (χ4n) is 4.27. The van der Waals surface area contributed by atoms with Crippen molar-refractivity contribution in [3.63, 3.8) is 0 Å². The van der Waals surface area contributed by atoms with Crippen LogP contribution in [-0.2, 0) is 0 Å². The van der Waals surface area contributed by atoms with E-state index in [1.54, 1.807) is 25.3 Å². The fourth-order valence-corrected chi connectivity index (χ4v) is 4.86. The van der Waals surface area contributed by atoms with E-state index in [9.17, 15) is 5.26 Å². The first-order valence-corrected chi connectivity index (χ1v) is 13.7. The summed E-state index contributed by atoms with van der Waals surface area (Å²) < 4.78 is 15.0. The summed E-state index contributed by atoms with van der Waals surface area (Å²) in [6.07, 6.45) is 3.72. The molecule has 4 rings (SSSR count). The summed E-state index contributed by atoms with van der Waals surface area (Å²) in [5, 5.41) is 18.4. The summed E-state index contributed by atoms with van der Waals surface area (Å²) in [5.74, 6) is -0.760. The van der Waals surface area contributed by atoms with Gasteiger partial charge in [0.1, 0.15) is 0 Å². The van der Waals surface area contributed by atoms with Gasteiger partial charge in [-0.3, -0.25) is 15.0 Å². The summed E-state index contributed by atoms with van der Waals surface area (Å²) >= 11 is 18.7. The van der Waals surface area contributed by atoms with Crippen LogP contribution in [0.15, 0.2) is 65.1 Å². The molecule has 0 radical (unpaired) electrons. The SMILES string of the molecule is C=Nc1c(Cl)cc(N[C@H](C2=CN(C(C)C)NN2)c2cccnc2C)cc1/C(Nc1ccc(Cl)c(Cl)c1F)=C(\C)C#N. The molecule has 0 amide bonds. The molecule has 2 aromatic carbocycles. The van der Waals surface area contributed by atoms with Crippen molar-refractivity contribution in [1.82, 2.24) is 21.0 Å². The second-order valence-corrected chi connectivity index (χ2v) is 10.7. The van der Waals surface area contributed by atoms with E-state index in [0.29, 0.717) is 16.9 Å². The van der Waals surface area contributed by atoms with Crippen LogP contribution in [0.4, 0.5) is 21.5 Å². The average molecular weight is 614 g/mol. The number of nitriles is 1. The summed E-state index contributed by atoms with van der Waals surface area (Å²) in [7, 11) is 0. The molecule has 41 heavy (non-hydrogen) atoms. The molecule has 212 valence electrons. The molecule has 4 N–H and O–H groups in total. The molecule has 1 atom stereocenters. The van der Waals surface area contributed by atoms with E-state index < -0.39 is 5.82 Å². The van der Waals surface area contributed by atoms with Crippen LogP contribution in [0.2, 0.25) is 15.1 Å². The van der Waals surface area contributed by atoms with Gasteiger partial charge in [-0.05, 0) is 64.7 Å². The third kappa shape index (κ3) is 6.42. The predicted molar refractivity (Wildman–Crippen MR) is 166 cm³/mol. The number of anilines is 2. The molecule has 0 spiro atoms. The smallest absolute Gasteiger partial charge is 0.166 e. The Morgan fingerprint density at radius 3 is 2.59 bits per heavy atom. The number of hydrogen-bond acceptors (Lipinski definition) is 8. The van der Waals surface area contributed by atoms with E-state index in [1.165, 1.54) is 12.1 Å². The lowest BCUT2D eigenvalue weighted by Gasteiger charge is -2.24. The van der Waals surface area contributed by atoms with Gasteiger partial charge in [0.05, 0.1) is 55.5 Å². The molecule has 0 saturated heterocycles. The van der Waals surface area contributed by atoms with E-state index in [2.05, 4.69) is 58.2 Å². The fraction of sp³-hybridized carbons (Fsp3) is 0.207. The zero-order valence-corrected chi connectivity index (χ0v) is 25.0. The maximum atomic E-state index is 15.0. The third-order valence-electron chi connectivity index (χ3n) is 6.47. The molecule has 8 nitrogen and oxygen atoms in total. The Kier molecular flexibility index (Phi) is 9.41. The average Bonchev–Trinajstić information content (AvgIpc) is 3.45. The molecular weight excluding hydrogens is 586 g/mol. The number of aliphatic imine (C=N–C) groups is 1. The second kappa shape index (κ2) is 12.8. The molecule has 2 heterocycles. The van der Waals surface area contributed by atoms with Gasteiger partial charge < -0.3 is 16.1 Å². The Morgan fingerprint density at radius 2 is 1.95 bits per heavy atom. The van der Waals surface area contributed by atoms with Gasteiger partial charge in [0.25, 0.3) is 0 Å². The number of hydrogen-bond donors (Lipinski definition) is 4. The van der Waals surface area contributed by atoms with Crippen LogP contribution in [0.25, 0.3) is 5.70 Å². The quantitative estimate of drug-likeness (QED) is 0.111. The van der Waals surface area contributed by atoms with E-state index >= 15 is 4.39 Å². The minimum atomic E-state index is -0.760. The van der Waals surface area contributed by atoms with Crippen LogP contribution in [0.1, 0.15) is 43.6 Å². The molecule has 12 heteroatoms. The lowest BCUT2D eigenvalue weighted by molar-refractivity contribution is 0.221. The van der Waals surface area contributed by atoms with Gasteiger partial charge in [0.2, 0.25) is 0 Å². The monoisotopic (exact) mass is 612 g/mol. The van der Waals surface area contributed by atoms with E-state index in [1.807, 2.05) is 30.3 Å². The lowest BCUT2D eigenvalue weighted by Crippen LogP contribution is -2.41. The zero-order chi connectivity index (χ0) is 29.8. The Hall–Kier alpha value is -3.81. The van der Waals surface area contributed by atoms with Gasteiger partial charge in [-0.25, -0.2) is 4.39 Å². The lowest BCUT2D eigenvalue weighted by atomic mass is 10.0. The Morgan fingerprint density at radius 1 is 1.20 bits per heavy atom. The maximum absolute atomic E-state index is 15.0. The molecule has 3 aromatic rings. The molecule has 1 aromatic heterocycles. The molecule has 0 fully saturated rings. The van der Waals surface area contributed by atoms with Crippen LogP contribution in [0.5, 0.6) is 0 Å². The molecule has 1 aliphatic rings. The number of nitrogens with zero attached hydrogens (tertiary/aromatic N) is 4. The van der Waals surface area contributed by atoms with Crippen LogP contribution in [0.3, 0.4) is 0 Å². The second-order valence-electron chi connectivity index (χ2n) is 9.55. The molecule has 0 saturated carbocycles. The van der Waals surface area contributed by atoms with Gasteiger partial charge in [-0.1, -0.05) is 40.9 Å². The summed E-state index contributed by atoms with van der Waals surface area (Å²) in [4.78, 5) is 8.59. The van der Waals surface area contributed by atoms with Crippen molar-refractivity contribution in [2.24, 2.45) is 4.99 Å². The third-order valence-corrected chi connectivity index (χ3v) is 7.54.